The van der Waals surface area contributed by atoms with Gasteiger partial charge in [-0.05, 0) is 45.4 Å². The Labute approximate surface area is 126 Å². The van der Waals surface area contributed by atoms with E-state index >= 15 is 0 Å². The maximum absolute atomic E-state index is 13.8. The SMILES string of the molecule is CCCCNC(=O)C(F)(F)C(O)CC(C)CCC=C(C)C. The molecule has 0 aliphatic heterocycles. The molecule has 0 heterocycles. The summed E-state index contributed by atoms with van der Waals surface area (Å²) in [6.45, 7) is 7.90. The molecule has 0 rings (SSSR count). The van der Waals surface area contributed by atoms with Crippen LogP contribution in [0.5, 0.6) is 0 Å². The van der Waals surface area contributed by atoms with Crippen LogP contribution < -0.4 is 5.32 Å². The van der Waals surface area contributed by atoms with Gasteiger partial charge in [0, 0.05) is 6.54 Å². The van der Waals surface area contributed by atoms with Gasteiger partial charge in [-0.25, -0.2) is 0 Å². The van der Waals surface area contributed by atoms with E-state index in [-0.39, 0.29) is 18.9 Å². The Kier molecular flexibility index (Phi) is 9.42. The van der Waals surface area contributed by atoms with Crippen molar-refractivity contribution in [1.29, 1.82) is 0 Å². The second kappa shape index (κ2) is 9.87. The maximum atomic E-state index is 13.8. The lowest BCUT2D eigenvalue weighted by molar-refractivity contribution is -0.165. The number of halogens is 2. The molecular weight excluding hydrogens is 276 g/mol. The summed E-state index contributed by atoms with van der Waals surface area (Å²) < 4.78 is 27.5. The molecule has 2 atom stereocenters. The van der Waals surface area contributed by atoms with Gasteiger partial charge >= 0.3 is 5.92 Å². The predicted molar refractivity (Wildman–Crippen MR) is 81.3 cm³/mol. The molecule has 0 aliphatic rings. The van der Waals surface area contributed by atoms with Crippen LogP contribution in [-0.2, 0) is 4.79 Å². The molecule has 0 saturated heterocycles. The average molecular weight is 305 g/mol. The molecule has 2 N–H and O–H groups in total. The zero-order chi connectivity index (χ0) is 16.5. The van der Waals surface area contributed by atoms with Gasteiger partial charge in [0.25, 0.3) is 5.91 Å². The van der Waals surface area contributed by atoms with Crippen molar-refractivity contribution in [3.8, 4) is 0 Å². The molecule has 0 radical (unpaired) electrons. The Morgan fingerprint density at radius 3 is 2.52 bits per heavy atom. The Bertz CT molecular complexity index is 339. The topological polar surface area (TPSA) is 49.3 Å². The highest BCUT2D eigenvalue weighted by Gasteiger charge is 2.46. The molecule has 21 heavy (non-hydrogen) atoms. The van der Waals surface area contributed by atoms with Gasteiger partial charge in [0.15, 0.2) is 0 Å². The van der Waals surface area contributed by atoms with Crippen LogP contribution in [0.4, 0.5) is 8.78 Å². The molecule has 0 aromatic carbocycles. The maximum Gasteiger partial charge on any atom is 0.349 e. The number of aliphatic hydroxyl groups excluding tert-OH is 1. The summed E-state index contributed by atoms with van der Waals surface area (Å²) in [7, 11) is 0. The fraction of sp³-hybridized carbons (Fsp3) is 0.812. The molecule has 1 amide bonds. The normalized spacial score (nSPS) is 14.4. The highest BCUT2D eigenvalue weighted by Crippen LogP contribution is 2.26. The number of allylic oxidation sites excluding steroid dienone is 2. The Balaban J connectivity index is 4.30. The van der Waals surface area contributed by atoms with Crippen LogP contribution in [0.1, 0.15) is 59.8 Å². The predicted octanol–water partition coefficient (Wildman–Crippen LogP) is 3.67. The van der Waals surface area contributed by atoms with E-state index in [9.17, 15) is 18.7 Å². The summed E-state index contributed by atoms with van der Waals surface area (Å²) >= 11 is 0. The summed E-state index contributed by atoms with van der Waals surface area (Å²) in [5.74, 6) is -5.16. The minimum absolute atomic E-state index is 0.0649. The summed E-state index contributed by atoms with van der Waals surface area (Å²) in [5.41, 5.74) is 1.18. The van der Waals surface area contributed by atoms with Crippen LogP contribution in [0.25, 0.3) is 0 Å². The van der Waals surface area contributed by atoms with Crippen molar-refractivity contribution >= 4 is 5.91 Å². The molecule has 2 unspecified atom stereocenters. The summed E-state index contributed by atoms with van der Waals surface area (Å²) in [6.07, 6.45) is 3.01. The van der Waals surface area contributed by atoms with Crippen LogP contribution in [-0.4, -0.2) is 29.6 Å². The van der Waals surface area contributed by atoms with Gasteiger partial charge in [-0.15, -0.1) is 0 Å². The van der Waals surface area contributed by atoms with Crippen molar-refractivity contribution in [2.45, 2.75) is 71.8 Å². The third-order valence-electron chi connectivity index (χ3n) is 3.37. The van der Waals surface area contributed by atoms with Crippen molar-refractivity contribution in [3.05, 3.63) is 11.6 Å². The molecule has 0 spiro atoms. The molecule has 0 fully saturated rings. The standard InChI is InChI=1S/C16H29F2NO2/c1-5-6-10-19-15(21)16(17,18)14(20)11-13(4)9-7-8-12(2)3/h8,13-14,20H,5-7,9-11H2,1-4H3,(H,19,21). The largest absolute Gasteiger partial charge is 0.386 e. The Morgan fingerprint density at radius 1 is 1.38 bits per heavy atom. The minimum Gasteiger partial charge on any atom is -0.386 e. The fourth-order valence-corrected chi connectivity index (χ4v) is 1.95. The molecule has 0 aromatic rings. The quantitative estimate of drug-likeness (QED) is 0.478. The Hall–Kier alpha value is -0.970. The number of rotatable bonds is 10. The number of amides is 1. The zero-order valence-corrected chi connectivity index (χ0v) is 13.6. The van der Waals surface area contributed by atoms with E-state index in [0.29, 0.717) is 6.42 Å². The van der Waals surface area contributed by atoms with Crippen LogP contribution in [0.2, 0.25) is 0 Å². The number of alkyl halides is 2. The van der Waals surface area contributed by atoms with Gasteiger partial charge in [0.05, 0.1) is 0 Å². The number of unbranched alkanes of at least 4 members (excludes halogenated alkanes) is 1. The number of aliphatic hydroxyl groups is 1. The van der Waals surface area contributed by atoms with Crippen molar-refractivity contribution in [1.82, 2.24) is 5.32 Å². The molecule has 5 heteroatoms. The van der Waals surface area contributed by atoms with Gasteiger partial charge in [0.2, 0.25) is 0 Å². The van der Waals surface area contributed by atoms with Crippen LogP contribution in [0.15, 0.2) is 11.6 Å². The second-order valence-corrected chi connectivity index (χ2v) is 5.95. The van der Waals surface area contributed by atoms with Crippen LogP contribution in [0.3, 0.4) is 0 Å². The van der Waals surface area contributed by atoms with Crippen molar-refractivity contribution in [2.75, 3.05) is 6.54 Å². The highest BCUT2D eigenvalue weighted by molar-refractivity contribution is 5.84. The molecule has 3 nitrogen and oxygen atoms in total. The monoisotopic (exact) mass is 305 g/mol. The van der Waals surface area contributed by atoms with E-state index < -0.39 is 17.9 Å². The van der Waals surface area contributed by atoms with Gasteiger partial charge in [-0.3, -0.25) is 4.79 Å². The minimum atomic E-state index is -3.72. The highest BCUT2D eigenvalue weighted by atomic mass is 19.3. The van der Waals surface area contributed by atoms with E-state index in [2.05, 4.69) is 5.32 Å². The average Bonchev–Trinajstić information content (AvgIpc) is 2.38. The number of nitrogens with one attached hydrogen (secondary N) is 1. The third kappa shape index (κ3) is 8.15. The zero-order valence-electron chi connectivity index (χ0n) is 13.6. The second-order valence-electron chi connectivity index (χ2n) is 5.95. The van der Waals surface area contributed by atoms with E-state index in [4.69, 9.17) is 0 Å². The van der Waals surface area contributed by atoms with E-state index in [0.717, 1.165) is 19.3 Å². The molecule has 0 bridgehead atoms. The fourth-order valence-electron chi connectivity index (χ4n) is 1.95. The van der Waals surface area contributed by atoms with Crippen molar-refractivity contribution in [3.63, 3.8) is 0 Å². The van der Waals surface area contributed by atoms with Crippen LogP contribution in [0, 0.1) is 5.92 Å². The first-order valence-electron chi connectivity index (χ1n) is 7.69. The molecule has 0 aliphatic carbocycles. The van der Waals surface area contributed by atoms with Gasteiger partial charge in [-0.2, -0.15) is 8.78 Å². The Morgan fingerprint density at radius 2 is 2.00 bits per heavy atom. The number of carbonyl (C=O) groups is 1. The lowest BCUT2D eigenvalue weighted by Gasteiger charge is -2.24. The summed E-state index contributed by atoms with van der Waals surface area (Å²) in [5, 5.41) is 11.8. The first-order valence-corrected chi connectivity index (χ1v) is 7.69. The molecule has 0 aromatic heterocycles. The lowest BCUT2D eigenvalue weighted by atomic mass is 9.94. The number of hydrogen-bond acceptors (Lipinski definition) is 2. The van der Waals surface area contributed by atoms with Gasteiger partial charge in [-0.1, -0.05) is 31.9 Å². The van der Waals surface area contributed by atoms with Crippen LogP contribution >= 0.6 is 0 Å². The lowest BCUT2D eigenvalue weighted by Crippen LogP contribution is -2.49. The molecule has 0 saturated carbocycles. The number of hydrogen-bond donors (Lipinski definition) is 2. The van der Waals surface area contributed by atoms with E-state index in [1.54, 1.807) is 0 Å². The molecule has 124 valence electrons. The van der Waals surface area contributed by atoms with E-state index in [1.165, 1.54) is 5.57 Å². The first-order chi connectivity index (χ1) is 9.71. The summed E-state index contributed by atoms with van der Waals surface area (Å²) in [6, 6.07) is 0. The van der Waals surface area contributed by atoms with Crippen molar-refractivity contribution in [2.24, 2.45) is 5.92 Å². The molecular formula is C16H29F2NO2. The van der Waals surface area contributed by atoms with Crippen molar-refractivity contribution < 1.29 is 18.7 Å². The third-order valence-corrected chi connectivity index (χ3v) is 3.37. The van der Waals surface area contributed by atoms with E-state index in [1.807, 2.05) is 33.8 Å². The summed E-state index contributed by atoms with van der Waals surface area (Å²) in [4.78, 5) is 11.4. The van der Waals surface area contributed by atoms with Gasteiger partial charge < -0.3 is 10.4 Å². The first kappa shape index (κ1) is 20.0. The van der Waals surface area contributed by atoms with Gasteiger partial charge in [0.1, 0.15) is 6.10 Å². The smallest absolute Gasteiger partial charge is 0.349 e. The number of carbonyl (C=O) groups excluding carboxylic acids is 1.